The third kappa shape index (κ3) is 8.24. The third-order valence-electron chi connectivity index (χ3n) is 4.91. The van der Waals surface area contributed by atoms with Crippen LogP contribution in [0, 0.1) is 5.92 Å². The Bertz CT molecular complexity index is 585. The zero-order valence-corrected chi connectivity index (χ0v) is 20.4. The Labute approximate surface area is 187 Å². The highest BCUT2D eigenvalue weighted by Crippen LogP contribution is 2.18. The summed E-state index contributed by atoms with van der Waals surface area (Å²) in [6, 6.07) is 0. The van der Waals surface area contributed by atoms with Gasteiger partial charge < -0.3 is 19.7 Å². The van der Waals surface area contributed by atoms with E-state index in [-0.39, 0.29) is 24.0 Å². The second kappa shape index (κ2) is 13.4. The minimum absolute atomic E-state index is 0. The number of aryl methyl sites for hydroxylation is 1. The Morgan fingerprint density at radius 3 is 2.79 bits per heavy atom. The van der Waals surface area contributed by atoms with Crippen LogP contribution in [0.2, 0.25) is 0 Å². The lowest BCUT2D eigenvalue weighted by Gasteiger charge is -2.23. The van der Waals surface area contributed by atoms with Gasteiger partial charge in [-0.05, 0) is 31.1 Å². The van der Waals surface area contributed by atoms with Crippen LogP contribution < -0.4 is 5.32 Å². The minimum atomic E-state index is 0. The van der Waals surface area contributed by atoms with Gasteiger partial charge in [-0.3, -0.25) is 9.67 Å². The lowest BCUT2D eigenvalue weighted by Crippen LogP contribution is -2.39. The van der Waals surface area contributed by atoms with E-state index in [2.05, 4.69) is 47.4 Å². The van der Waals surface area contributed by atoms with Crippen molar-refractivity contribution < 1.29 is 9.47 Å². The number of rotatable bonds is 9. The van der Waals surface area contributed by atoms with Crippen molar-refractivity contribution in [3.63, 3.8) is 0 Å². The summed E-state index contributed by atoms with van der Waals surface area (Å²) in [6.45, 7) is 9.41. The van der Waals surface area contributed by atoms with Crippen molar-refractivity contribution in [1.29, 1.82) is 0 Å². The van der Waals surface area contributed by atoms with Gasteiger partial charge >= 0.3 is 0 Å². The van der Waals surface area contributed by atoms with Gasteiger partial charge in [0.05, 0.1) is 5.69 Å². The fourth-order valence-corrected chi connectivity index (χ4v) is 3.42. The molecule has 0 radical (unpaired) electrons. The van der Waals surface area contributed by atoms with Gasteiger partial charge in [0.25, 0.3) is 0 Å². The van der Waals surface area contributed by atoms with Gasteiger partial charge in [0, 0.05) is 72.4 Å². The summed E-state index contributed by atoms with van der Waals surface area (Å²) < 4.78 is 13.1. The van der Waals surface area contributed by atoms with E-state index in [1.54, 1.807) is 0 Å². The monoisotopic (exact) mass is 507 g/mol. The molecular formula is C20H38IN5O2. The van der Waals surface area contributed by atoms with E-state index in [1.165, 1.54) is 5.56 Å². The molecule has 7 nitrogen and oxygen atoms in total. The molecule has 0 unspecified atom stereocenters. The quantitative estimate of drug-likeness (QED) is 0.241. The number of hydrogen-bond acceptors (Lipinski definition) is 4. The molecule has 2 heterocycles. The molecule has 1 aromatic rings. The maximum Gasteiger partial charge on any atom is 0.193 e. The summed E-state index contributed by atoms with van der Waals surface area (Å²) in [4.78, 5) is 6.55. The molecule has 1 fully saturated rings. The van der Waals surface area contributed by atoms with Crippen LogP contribution in [0.1, 0.15) is 50.3 Å². The van der Waals surface area contributed by atoms with Crippen LogP contribution >= 0.6 is 24.0 Å². The zero-order valence-electron chi connectivity index (χ0n) is 18.1. The van der Waals surface area contributed by atoms with Gasteiger partial charge in [0.2, 0.25) is 0 Å². The van der Waals surface area contributed by atoms with Crippen molar-refractivity contribution in [2.45, 2.75) is 45.6 Å². The third-order valence-corrected chi connectivity index (χ3v) is 4.91. The summed E-state index contributed by atoms with van der Waals surface area (Å²) in [7, 11) is 5.87. The van der Waals surface area contributed by atoms with Crippen molar-refractivity contribution in [1.82, 2.24) is 20.0 Å². The second-order valence-electron chi connectivity index (χ2n) is 7.68. The van der Waals surface area contributed by atoms with Crippen LogP contribution in [-0.4, -0.2) is 67.7 Å². The first kappa shape index (κ1) is 25.2. The maximum absolute atomic E-state index is 5.83. The van der Waals surface area contributed by atoms with E-state index in [4.69, 9.17) is 9.47 Å². The maximum atomic E-state index is 5.83. The average Bonchev–Trinajstić information content (AvgIpc) is 3.02. The molecule has 0 aliphatic carbocycles. The normalized spacial score (nSPS) is 15.6. The number of ether oxygens (including phenoxy) is 2. The highest BCUT2D eigenvalue weighted by atomic mass is 127. The highest BCUT2D eigenvalue weighted by molar-refractivity contribution is 14.0. The molecule has 1 aromatic heterocycles. The molecule has 0 atom stereocenters. The Morgan fingerprint density at radius 1 is 1.43 bits per heavy atom. The van der Waals surface area contributed by atoms with Crippen molar-refractivity contribution >= 4 is 29.9 Å². The van der Waals surface area contributed by atoms with E-state index in [0.29, 0.717) is 11.8 Å². The molecule has 1 saturated heterocycles. The molecule has 1 N–H and O–H groups in total. The summed E-state index contributed by atoms with van der Waals surface area (Å²) in [5.74, 6) is 1.98. The summed E-state index contributed by atoms with van der Waals surface area (Å²) in [5.41, 5.74) is 2.40. The molecule has 0 saturated carbocycles. The average molecular weight is 507 g/mol. The van der Waals surface area contributed by atoms with Crippen LogP contribution in [-0.2, 0) is 23.1 Å². The van der Waals surface area contributed by atoms with Crippen LogP contribution in [0.25, 0.3) is 0 Å². The van der Waals surface area contributed by atoms with Crippen LogP contribution in [0.5, 0.6) is 0 Å². The number of hydrogen-bond donors (Lipinski definition) is 1. The van der Waals surface area contributed by atoms with E-state index in [1.807, 2.05) is 18.8 Å². The molecule has 0 spiro atoms. The Balaban J connectivity index is 0.00000392. The molecule has 0 amide bonds. The van der Waals surface area contributed by atoms with Crippen LogP contribution in [0.15, 0.2) is 11.2 Å². The van der Waals surface area contributed by atoms with E-state index < -0.39 is 0 Å². The summed E-state index contributed by atoms with van der Waals surface area (Å²) >= 11 is 0. The standard InChI is InChI=1S/C20H37N5O2.HI/c1-16(2)19-18(14-25(5)23-19)13-24(4)20(21-3)22-9-6-10-27-15-17-7-11-26-12-8-17;/h14,16-17H,6-13,15H2,1-5H3,(H,21,22);1H. The molecule has 2 rings (SSSR count). The van der Waals surface area contributed by atoms with Gasteiger partial charge in [-0.25, -0.2) is 0 Å². The molecule has 28 heavy (non-hydrogen) atoms. The van der Waals surface area contributed by atoms with Gasteiger partial charge in [-0.2, -0.15) is 5.10 Å². The van der Waals surface area contributed by atoms with Gasteiger partial charge in [-0.1, -0.05) is 13.8 Å². The van der Waals surface area contributed by atoms with Crippen molar-refractivity contribution in [3.8, 4) is 0 Å². The number of guanidine groups is 1. The van der Waals surface area contributed by atoms with Gasteiger partial charge in [0.15, 0.2) is 5.96 Å². The van der Waals surface area contributed by atoms with Crippen molar-refractivity contribution in [3.05, 3.63) is 17.5 Å². The molecule has 0 aromatic carbocycles. The first-order chi connectivity index (χ1) is 13.0. The molecule has 1 aliphatic rings. The fraction of sp³-hybridized carbons (Fsp3) is 0.800. The van der Waals surface area contributed by atoms with E-state index in [9.17, 15) is 0 Å². The largest absolute Gasteiger partial charge is 0.381 e. The van der Waals surface area contributed by atoms with Gasteiger partial charge in [0.1, 0.15) is 0 Å². The molecule has 8 heteroatoms. The predicted molar refractivity (Wildman–Crippen MR) is 125 cm³/mol. The molecule has 1 aliphatic heterocycles. The van der Waals surface area contributed by atoms with Crippen LogP contribution in [0.4, 0.5) is 0 Å². The van der Waals surface area contributed by atoms with Crippen molar-refractivity contribution in [2.75, 3.05) is 47.1 Å². The second-order valence-corrected chi connectivity index (χ2v) is 7.68. The molecular weight excluding hydrogens is 469 g/mol. The first-order valence-electron chi connectivity index (χ1n) is 10.1. The fourth-order valence-electron chi connectivity index (χ4n) is 3.42. The van der Waals surface area contributed by atoms with Gasteiger partial charge in [-0.15, -0.1) is 24.0 Å². The number of nitrogens with zero attached hydrogens (tertiary/aromatic N) is 4. The topological polar surface area (TPSA) is 63.9 Å². The summed E-state index contributed by atoms with van der Waals surface area (Å²) in [6.07, 6.45) is 5.33. The highest BCUT2D eigenvalue weighted by Gasteiger charge is 2.15. The summed E-state index contributed by atoms with van der Waals surface area (Å²) in [5, 5.41) is 8.02. The van der Waals surface area contributed by atoms with E-state index >= 15 is 0 Å². The number of nitrogens with one attached hydrogen (secondary N) is 1. The lowest BCUT2D eigenvalue weighted by atomic mass is 10.0. The Hall–Kier alpha value is -0.870. The van der Waals surface area contributed by atoms with E-state index in [0.717, 1.165) is 70.4 Å². The number of aliphatic imine (C=N–C) groups is 1. The smallest absolute Gasteiger partial charge is 0.193 e. The predicted octanol–water partition coefficient (Wildman–Crippen LogP) is 3.00. The lowest BCUT2D eigenvalue weighted by molar-refractivity contribution is 0.0203. The Morgan fingerprint density at radius 2 is 2.14 bits per heavy atom. The number of halogens is 1. The first-order valence-corrected chi connectivity index (χ1v) is 10.1. The minimum Gasteiger partial charge on any atom is -0.381 e. The molecule has 162 valence electrons. The SMILES string of the molecule is CN=C(NCCCOCC1CCOCC1)N(C)Cc1cn(C)nc1C(C)C.I. The van der Waals surface area contributed by atoms with Crippen molar-refractivity contribution in [2.24, 2.45) is 18.0 Å². The van der Waals surface area contributed by atoms with Crippen LogP contribution in [0.3, 0.4) is 0 Å². The Kier molecular flexibility index (Phi) is 12.0. The zero-order chi connectivity index (χ0) is 19.6. The molecule has 0 bridgehead atoms. The number of aromatic nitrogens is 2.